The molecule has 1 N–H and O–H groups in total. The van der Waals surface area contributed by atoms with E-state index in [-0.39, 0.29) is 23.2 Å². The van der Waals surface area contributed by atoms with Crippen LogP contribution in [0.3, 0.4) is 0 Å². The second-order valence-corrected chi connectivity index (χ2v) is 7.20. The van der Waals surface area contributed by atoms with E-state index >= 15 is 0 Å². The molecule has 2 amide bonds. The Kier molecular flexibility index (Phi) is 7.42. The Balaban J connectivity index is 1.71. The maximum atomic E-state index is 12.8. The van der Waals surface area contributed by atoms with Crippen LogP contribution in [-0.4, -0.2) is 34.8 Å². The zero-order valence-electron chi connectivity index (χ0n) is 16.9. The third kappa shape index (κ3) is 5.82. The van der Waals surface area contributed by atoms with Gasteiger partial charge in [-0.15, -0.1) is 0 Å². The van der Waals surface area contributed by atoms with Crippen molar-refractivity contribution in [2.24, 2.45) is 0 Å². The van der Waals surface area contributed by atoms with Crippen molar-refractivity contribution in [3.63, 3.8) is 0 Å². The number of alkyl halides is 2. The second kappa shape index (κ2) is 10.2. The van der Waals surface area contributed by atoms with E-state index in [0.29, 0.717) is 22.4 Å². The van der Waals surface area contributed by atoms with E-state index in [1.165, 1.54) is 43.6 Å². The summed E-state index contributed by atoms with van der Waals surface area (Å²) >= 11 is 6.23. The van der Waals surface area contributed by atoms with Crippen LogP contribution < -0.4 is 10.2 Å². The molecule has 0 atom stereocenters. The lowest BCUT2D eigenvalue weighted by Gasteiger charge is -2.22. The average molecular weight is 463 g/mol. The Morgan fingerprint density at radius 2 is 1.88 bits per heavy atom. The largest absolute Gasteiger partial charge is 0.348 e. The number of hydrogen-bond donors (Lipinski definition) is 1. The molecule has 0 aliphatic rings. The standard InChI is InChI=1S/C22H18ClF3N4O2/c1-13(31)30(12-20(24)25)19-6-4-15(8-17(19)23)18-5-3-16(11-27-18)22(32)29-10-14-2-7-21(26)28-9-14/h2-9,11,20H,10,12H2,1H3,(H,29,32). The minimum atomic E-state index is -2.70. The van der Waals surface area contributed by atoms with Crippen molar-refractivity contribution in [3.8, 4) is 11.3 Å². The predicted molar refractivity (Wildman–Crippen MR) is 114 cm³/mol. The minimum absolute atomic E-state index is 0.120. The molecule has 2 heterocycles. The van der Waals surface area contributed by atoms with Crippen molar-refractivity contribution in [1.82, 2.24) is 15.3 Å². The number of pyridine rings is 2. The molecular weight excluding hydrogens is 445 g/mol. The molecule has 10 heteroatoms. The molecule has 0 unspecified atom stereocenters. The molecule has 32 heavy (non-hydrogen) atoms. The molecule has 0 saturated heterocycles. The summed E-state index contributed by atoms with van der Waals surface area (Å²) in [6, 6.07) is 10.5. The van der Waals surface area contributed by atoms with Gasteiger partial charge in [0.15, 0.2) is 0 Å². The van der Waals surface area contributed by atoms with Gasteiger partial charge in [0, 0.05) is 31.4 Å². The zero-order valence-corrected chi connectivity index (χ0v) is 17.6. The Hall–Kier alpha value is -3.46. The van der Waals surface area contributed by atoms with E-state index < -0.39 is 24.8 Å². The van der Waals surface area contributed by atoms with Gasteiger partial charge in [-0.05, 0) is 35.9 Å². The normalized spacial score (nSPS) is 10.8. The van der Waals surface area contributed by atoms with Crippen molar-refractivity contribution in [2.75, 3.05) is 11.4 Å². The number of nitrogens with zero attached hydrogens (tertiary/aromatic N) is 3. The van der Waals surface area contributed by atoms with E-state index in [4.69, 9.17) is 11.6 Å². The summed E-state index contributed by atoms with van der Waals surface area (Å²) in [6.45, 7) is 0.602. The highest BCUT2D eigenvalue weighted by Crippen LogP contribution is 2.31. The zero-order chi connectivity index (χ0) is 23.3. The first-order chi connectivity index (χ1) is 15.2. The summed E-state index contributed by atoms with van der Waals surface area (Å²) < 4.78 is 38.4. The SMILES string of the molecule is CC(=O)N(CC(F)F)c1ccc(-c2ccc(C(=O)NCc3ccc(F)nc3)cn2)cc1Cl. The van der Waals surface area contributed by atoms with Crippen LogP contribution in [0, 0.1) is 5.95 Å². The number of nitrogens with one attached hydrogen (secondary N) is 1. The van der Waals surface area contributed by atoms with Crippen LogP contribution in [0.2, 0.25) is 5.02 Å². The number of rotatable bonds is 7. The van der Waals surface area contributed by atoms with Crippen molar-refractivity contribution in [3.05, 3.63) is 77.0 Å². The molecule has 166 valence electrons. The molecule has 1 aromatic carbocycles. The molecule has 0 aliphatic heterocycles. The van der Waals surface area contributed by atoms with Gasteiger partial charge in [0.1, 0.15) is 0 Å². The fourth-order valence-corrected chi connectivity index (χ4v) is 3.20. The molecule has 3 rings (SSSR count). The molecular formula is C22H18ClF3N4O2. The lowest BCUT2D eigenvalue weighted by molar-refractivity contribution is -0.117. The lowest BCUT2D eigenvalue weighted by atomic mass is 10.1. The first-order valence-corrected chi connectivity index (χ1v) is 9.83. The molecule has 3 aromatic rings. The molecule has 0 aliphatic carbocycles. The van der Waals surface area contributed by atoms with Gasteiger partial charge in [0.25, 0.3) is 12.3 Å². The monoisotopic (exact) mass is 462 g/mol. The summed E-state index contributed by atoms with van der Waals surface area (Å²) in [5, 5.41) is 2.81. The summed E-state index contributed by atoms with van der Waals surface area (Å²) in [7, 11) is 0. The summed E-state index contributed by atoms with van der Waals surface area (Å²) in [5.74, 6) is -1.52. The maximum absolute atomic E-state index is 12.8. The number of aromatic nitrogens is 2. The maximum Gasteiger partial charge on any atom is 0.256 e. The summed E-state index contributed by atoms with van der Waals surface area (Å²) in [6.07, 6.45) is 0.0155. The molecule has 0 bridgehead atoms. The average Bonchev–Trinajstić information content (AvgIpc) is 2.77. The summed E-state index contributed by atoms with van der Waals surface area (Å²) in [5.41, 5.74) is 2.22. The Morgan fingerprint density at radius 3 is 2.44 bits per heavy atom. The third-order valence-electron chi connectivity index (χ3n) is 4.50. The third-order valence-corrected chi connectivity index (χ3v) is 4.81. The highest BCUT2D eigenvalue weighted by molar-refractivity contribution is 6.34. The highest BCUT2D eigenvalue weighted by Gasteiger charge is 2.20. The first-order valence-electron chi connectivity index (χ1n) is 9.45. The number of carbonyl (C=O) groups is 2. The van der Waals surface area contributed by atoms with E-state index in [1.807, 2.05) is 0 Å². The number of benzene rings is 1. The van der Waals surface area contributed by atoms with Gasteiger partial charge in [-0.3, -0.25) is 14.6 Å². The van der Waals surface area contributed by atoms with Crippen LogP contribution in [-0.2, 0) is 11.3 Å². The quantitative estimate of drug-likeness (QED) is 0.525. The topological polar surface area (TPSA) is 75.2 Å². The number of amides is 2. The number of halogens is 4. The lowest BCUT2D eigenvalue weighted by Crippen LogP contribution is -2.33. The fraction of sp³-hybridized carbons (Fsp3) is 0.182. The molecule has 6 nitrogen and oxygen atoms in total. The van der Waals surface area contributed by atoms with Crippen molar-refractivity contribution >= 4 is 29.1 Å². The molecule has 2 aromatic heterocycles. The van der Waals surface area contributed by atoms with Crippen LogP contribution in [0.1, 0.15) is 22.8 Å². The van der Waals surface area contributed by atoms with Gasteiger partial charge in [-0.2, -0.15) is 4.39 Å². The molecule has 0 spiro atoms. The minimum Gasteiger partial charge on any atom is -0.348 e. The Labute approximate surface area is 187 Å². The first kappa shape index (κ1) is 23.2. The predicted octanol–water partition coefficient (Wildman–Crippen LogP) is 4.48. The van der Waals surface area contributed by atoms with Crippen molar-refractivity contribution in [2.45, 2.75) is 19.9 Å². The number of hydrogen-bond acceptors (Lipinski definition) is 4. The van der Waals surface area contributed by atoms with Crippen molar-refractivity contribution < 1.29 is 22.8 Å². The van der Waals surface area contributed by atoms with Crippen LogP contribution in [0.4, 0.5) is 18.9 Å². The van der Waals surface area contributed by atoms with Gasteiger partial charge in [0.05, 0.1) is 28.5 Å². The van der Waals surface area contributed by atoms with Gasteiger partial charge in [-0.1, -0.05) is 23.7 Å². The van der Waals surface area contributed by atoms with Gasteiger partial charge >= 0.3 is 0 Å². The Morgan fingerprint density at radius 1 is 1.09 bits per heavy atom. The van der Waals surface area contributed by atoms with Gasteiger partial charge < -0.3 is 10.2 Å². The molecule has 0 radical (unpaired) electrons. The van der Waals surface area contributed by atoms with E-state index in [1.54, 1.807) is 18.2 Å². The van der Waals surface area contributed by atoms with Gasteiger partial charge in [0.2, 0.25) is 11.9 Å². The van der Waals surface area contributed by atoms with Gasteiger partial charge in [-0.25, -0.2) is 13.8 Å². The molecule has 0 saturated carbocycles. The Bertz CT molecular complexity index is 1110. The highest BCUT2D eigenvalue weighted by atomic mass is 35.5. The van der Waals surface area contributed by atoms with Crippen LogP contribution >= 0.6 is 11.6 Å². The van der Waals surface area contributed by atoms with E-state index in [9.17, 15) is 22.8 Å². The number of anilines is 1. The smallest absolute Gasteiger partial charge is 0.256 e. The van der Waals surface area contributed by atoms with E-state index in [0.717, 1.165) is 4.90 Å². The summed E-state index contributed by atoms with van der Waals surface area (Å²) in [4.78, 5) is 32.7. The fourth-order valence-electron chi connectivity index (χ4n) is 2.91. The van der Waals surface area contributed by atoms with E-state index in [2.05, 4.69) is 15.3 Å². The second-order valence-electron chi connectivity index (χ2n) is 6.79. The van der Waals surface area contributed by atoms with Crippen LogP contribution in [0.5, 0.6) is 0 Å². The van der Waals surface area contributed by atoms with Crippen LogP contribution in [0.25, 0.3) is 11.3 Å². The van der Waals surface area contributed by atoms with Crippen molar-refractivity contribution in [1.29, 1.82) is 0 Å². The molecule has 0 fully saturated rings. The number of carbonyl (C=O) groups excluding carboxylic acids is 2. The van der Waals surface area contributed by atoms with Crippen LogP contribution in [0.15, 0.2) is 54.9 Å².